The third-order valence-corrected chi connectivity index (χ3v) is 1.58. The Morgan fingerprint density at radius 2 is 2.46 bits per heavy atom. The predicted molar refractivity (Wildman–Crippen MR) is 53.0 cm³/mol. The molecule has 0 saturated carbocycles. The SMILES string of the molecule is CNCCC#Cc1cn(C)nc1N. The maximum absolute atomic E-state index is 5.61. The maximum atomic E-state index is 5.61. The van der Waals surface area contributed by atoms with E-state index < -0.39 is 0 Å². The van der Waals surface area contributed by atoms with Gasteiger partial charge in [-0.3, -0.25) is 4.68 Å². The zero-order valence-corrected chi connectivity index (χ0v) is 7.96. The Bertz CT molecular complexity index is 329. The van der Waals surface area contributed by atoms with Crippen molar-refractivity contribution in [2.45, 2.75) is 6.42 Å². The first-order valence-corrected chi connectivity index (χ1v) is 4.16. The minimum Gasteiger partial charge on any atom is -0.381 e. The molecule has 0 radical (unpaired) electrons. The molecule has 1 aromatic rings. The van der Waals surface area contributed by atoms with Crippen LogP contribution >= 0.6 is 0 Å². The van der Waals surface area contributed by atoms with E-state index in [0.717, 1.165) is 18.5 Å². The fourth-order valence-electron chi connectivity index (χ4n) is 0.947. The Balaban J connectivity index is 2.60. The largest absolute Gasteiger partial charge is 0.381 e. The zero-order valence-electron chi connectivity index (χ0n) is 7.96. The highest BCUT2D eigenvalue weighted by molar-refractivity contribution is 5.49. The Hall–Kier alpha value is -1.47. The van der Waals surface area contributed by atoms with Crippen molar-refractivity contribution in [3.8, 4) is 11.8 Å². The summed E-state index contributed by atoms with van der Waals surface area (Å²) < 4.78 is 1.66. The van der Waals surface area contributed by atoms with E-state index in [4.69, 9.17) is 5.73 Å². The molecule has 1 rings (SSSR count). The molecule has 0 atom stereocenters. The number of aryl methyl sites for hydroxylation is 1. The highest BCUT2D eigenvalue weighted by atomic mass is 15.3. The van der Waals surface area contributed by atoms with Gasteiger partial charge in [0.05, 0.1) is 5.56 Å². The number of hydrogen-bond acceptors (Lipinski definition) is 3. The van der Waals surface area contributed by atoms with Crippen molar-refractivity contribution in [1.82, 2.24) is 15.1 Å². The van der Waals surface area contributed by atoms with Crippen LogP contribution in [0.5, 0.6) is 0 Å². The second kappa shape index (κ2) is 4.53. The second-order valence-electron chi connectivity index (χ2n) is 2.76. The molecule has 13 heavy (non-hydrogen) atoms. The van der Waals surface area contributed by atoms with Crippen molar-refractivity contribution in [2.75, 3.05) is 19.3 Å². The first-order chi connectivity index (χ1) is 6.24. The minimum absolute atomic E-state index is 0.499. The van der Waals surface area contributed by atoms with Gasteiger partial charge >= 0.3 is 0 Å². The average Bonchev–Trinajstić information content (AvgIpc) is 2.39. The highest BCUT2D eigenvalue weighted by Gasteiger charge is 1.98. The van der Waals surface area contributed by atoms with Crippen LogP contribution < -0.4 is 11.1 Å². The molecule has 0 saturated heterocycles. The molecule has 4 nitrogen and oxygen atoms in total. The Kier molecular flexibility index (Phi) is 3.35. The van der Waals surface area contributed by atoms with Gasteiger partial charge in [-0.25, -0.2) is 0 Å². The predicted octanol–water partition coefficient (Wildman–Crippen LogP) is -0.0367. The van der Waals surface area contributed by atoms with Crippen LogP contribution in [0.15, 0.2) is 6.20 Å². The molecule has 0 aliphatic carbocycles. The van der Waals surface area contributed by atoms with Gasteiger partial charge in [-0.05, 0) is 7.05 Å². The van der Waals surface area contributed by atoms with E-state index in [1.54, 1.807) is 4.68 Å². The lowest BCUT2D eigenvalue weighted by Crippen LogP contribution is -2.05. The van der Waals surface area contributed by atoms with Gasteiger partial charge in [0.2, 0.25) is 0 Å². The van der Waals surface area contributed by atoms with Crippen LogP contribution in [0.1, 0.15) is 12.0 Å². The van der Waals surface area contributed by atoms with Gasteiger partial charge in [-0.2, -0.15) is 5.10 Å². The number of nitrogens with zero attached hydrogens (tertiary/aromatic N) is 2. The number of nitrogens with one attached hydrogen (secondary N) is 1. The first kappa shape index (κ1) is 9.62. The summed E-state index contributed by atoms with van der Waals surface area (Å²) in [4.78, 5) is 0. The molecule has 0 unspecified atom stereocenters. The molecule has 3 N–H and O–H groups in total. The first-order valence-electron chi connectivity index (χ1n) is 4.16. The van der Waals surface area contributed by atoms with Gasteiger partial charge in [-0.15, -0.1) is 0 Å². The van der Waals surface area contributed by atoms with E-state index in [1.807, 2.05) is 20.3 Å². The molecule has 4 heteroatoms. The van der Waals surface area contributed by atoms with Crippen molar-refractivity contribution in [2.24, 2.45) is 7.05 Å². The summed E-state index contributed by atoms with van der Waals surface area (Å²) in [6.45, 7) is 0.896. The van der Waals surface area contributed by atoms with Gasteiger partial charge in [-0.1, -0.05) is 11.8 Å². The van der Waals surface area contributed by atoms with E-state index in [-0.39, 0.29) is 0 Å². The van der Waals surface area contributed by atoms with Crippen molar-refractivity contribution < 1.29 is 0 Å². The van der Waals surface area contributed by atoms with Gasteiger partial charge in [0.15, 0.2) is 5.82 Å². The molecule has 0 fully saturated rings. The monoisotopic (exact) mass is 178 g/mol. The standard InChI is InChI=1S/C9H14N4/c1-11-6-4-3-5-8-7-13(2)12-9(8)10/h7,11H,4,6H2,1-2H3,(H2,10,12). The molecule has 0 amide bonds. The number of aromatic nitrogens is 2. The molecule has 0 spiro atoms. The van der Waals surface area contributed by atoms with Crippen LogP contribution in [0.3, 0.4) is 0 Å². The zero-order chi connectivity index (χ0) is 9.68. The topological polar surface area (TPSA) is 55.9 Å². The number of nitrogens with two attached hydrogens (primary N) is 1. The molecule has 0 bridgehead atoms. The van der Waals surface area contributed by atoms with Gasteiger partial charge in [0.25, 0.3) is 0 Å². The van der Waals surface area contributed by atoms with E-state index in [0.29, 0.717) is 5.82 Å². The van der Waals surface area contributed by atoms with Crippen LogP contribution in [0.2, 0.25) is 0 Å². The Morgan fingerprint density at radius 1 is 1.69 bits per heavy atom. The van der Waals surface area contributed by atoms with Crippen molar-refractivity contribution in [1.29, 1.82) is 0 Å². The summed E-state index contributed by atoms with van der Waals surface area (Å²) in [5, 5.41) is 7.01. The lowest BCUT2D eigenvalue weighted by Gasteiger charge is -1.87. The van der Waals surface area contributed by atoms with Gasteiger partial charge in [0.1, 0.15) is 0 Å². The fraction of sp³-hybridized carbons (Fsp3) is 0.444. The third kappa shape index (κ3) is 2.80. The Labute approximate surface area is 78.1 Å². The Morgan fingerprint density at radius 3 is 3.00 bits per heavy atom. The second-order valence-corrected chi connectivity index (χ2v) is 2.76. The quantitative estimate of drug-likeness (QED) is 0.493. The molecule has 1 aromatic heterocycles. The molecule has 1 heterocycles. The van der Waals surface area contributed by atoms with Crippen molar-refractivity contribution in [3.63, 3.8) is 0 Å². The molecular formula is C9H14N4. The number of nitrogen functional groups attached to an aromatic ring is 1. The smallest absolute Gasteiger partial charge is 0.161 e. The van der Waals surface area contributed by atoms with E-state index in [1.165, 1.54) is 0 Å². The van der Waals surface area contributed by atoms with Gasteiger partial charge < -0.3 is 11.1 Å². The normalized spacial score (nSPS) is 9.38. The summed E-state index contributed by atoms with van der Waals surface area (Å²) >= 11 is 0. The maximum Gasteiger partial charge on any atom is 0.161 e. The molecule has 0 aliphatic heterocycles. The van der Waals surface area contributed by atoms with Crippen molar-refractivity contribution >= 4 is 5.82 Å². The highest BCUT2D eigenvalue weighted by Crippen LogP contribution is 2.04. The summed E-state index contributed by atoms with van der Waals surface area (Å²) in [6, 6.07) is 0. The number of anilines is 1. The summed E-state index contributed by atoms with van der Waals surface area (Å²) in [7, 11) is 3.73. The fourth-order valence-corrected chi connectivity index (χ4v) is 0.947. The van der Waals surface area contributed by atoms with Crippen LogP contribution in [-0.2, 0) is 7.05 Å². The summed E-state index contributed by atoms with van der Waals surface area (Å²) in [6.07, 6.45) is 2.65. The molecule has 0 aromatic carbocycles. The van der Waals surface area contributed by atoms with Gasteiger partial charge in [0, 0.05) is 26.2 Å². The van der Waals surface area contributed by atoms with Crippen LogP contribution in [-0.4, -0.2) is 23.4 Å². The summed E-state index contributed by atoms with van der Waals surface area (Å²) in [5.41, 5.74) is 6.41. The lowest BCUT2D eigenvalue weighted by atomic mass is 10.3. The van der Waals surface area contributed by atoms with E-state index in [2.05, 4.69) is 22.3 Å². The third-order valence-electron chi connectivity index (χ3n) is 1.58. The summed E-state index contributed by atoms with van der Waals surface area (Å²) in [5.74, 6) is 6.48. The number of hydrogen-bond donors (Lipinski definition) is 2. The van der Waals surface area contributed by atoms with Crippen LogP contribution in [0, 0.1) is 11.8 Å². The van der Waals surface area contributed by atoms with E-state index >= 15 is 0 Å². The number of rotatable bonds is 2. The van der Waals surface area contributed by atoms with Crippen LogP contribution in [0.4, 0.5) is 5.82 Å². The minimum atomic E-state index is 0.499. The van der Waals surface area contributed by atoms with E-state index in [9.17, 15) is 0 Å². The van der Waals surface area contributed by atoms with Crippen molar-refractivity contribution in [3.05, 3.63) is 11.8 Å². The average molecular weight is 178 g/mol. The lowest BCUT2D eigenvalue weighted by molar-refractivity contribution is 0.772. The van der Waals surface area contributed by atoms with Crippen LogP contribution in [0.25, 0.3) is 0 Å². The molecule has 70 valence electrons. The molecular weight excluding hydrogens is 164 g/mol. The molecule has 0 aliphatic rings.